The Balaban J connectivity index is 1.49. The van der Waals surface area contributed by atoms with Crippen molar-refractivity contribution in [1.29, 1.82) is 5.26 Å². The van der Waals surface area contributed by atoms with Gasteiger partial charge in [-0.1, -0.05) is 23.8 Å². The molecule has 212 valence electrons. The summed E-state index contributed by atoms with van der Waals surface area (Å²) < 4.78 is 40.2. The first kappa shape index (κ1) is 28.3. The summed E-state index contributed by atoms with van der Waals surface area (Å²) in [6.45, 7) is 6.00. The molecule has 0 saturated carbocycles. The van der Waals surface area contributed by atoms with Gasteiger partial charge in [0.25, 0.3) is 12.0 Å². The number of benzene rings is 3. The van der Waals surface area contributed by atoms with Crippen molar-refractivity contribution in [2.75, 3.05) is 6.61 Å². The number of nitriles is 1. The quantitative estimate of drug-likeness (QED) is 0.197. The lowest BCUT2D eigenvalue weighted by atomic mass is 10.0. The molecule has 0 radical (unpaired) electrons. The molecule has 0 spiro atoms. The normalized spacial score (nSPS) is 11.1. The summed E-state index contributed by atoms with van der Waals surface area (Å²) in [4.78, 5) is 28.4. The van der Waals surface area contributed by atoms with E-state index in [0.717, 1.165) is 27.6 Å². The van der Waals surface area contributed by atoms with E-state index in [2.05, 4.69) is 4.98 Å². The van der Waals surface area contributed by atoms with Crippen LogP contribution in [0.4, 0.5) is 8.78 Å². The molecule has 0 aliphatic rings. The van der Waals surface area contributed by atoms with Gasteiger partial charge in [-0.3, -0.25) is 4.79 Å². The molecule has 5 rings (SSSR count). The number of aryl methyl sites for hydroxylation is 2. The molecule has 0 bridgehead atoms. The van der Waals surface area contributed by atoms with Gasteiger partial charge < -0.3 is 19.0 Å². The third-order valence-electron chi connectivity index (χ3n) is 6.98. The molecule has 7 nitrogen and oxygen atoms in total. The zero-order valence-electron chi connectivity index (χ0n) is 23.2. The minimum atomic E-state index is -2.99. The summed E-state index contributed by atoms with van der Waals surface area (Å²) in [5.74, 6) is 0.556. The van der Waals surface area contributed by atoms with E-state index in [-0.39, 0.29) is 18.8 Å². The Morgan fingerprint density at radius 2 is 1.74 bits per heavy atom. The fraction of sp³-hybridized carbons (Fsp3) is 0.182. The lowest BCUT2D eigenvalue weighted by molar-refractivity contribution is 0.0520. The second-order valence-electron chi connectivity index (χ2n) is 9.87. The van der Waals surface area contributed by atoms with Crippen molar-refractivity contribution in [3.05, 3.63) is 117 Å². The van der Waals surface area contributed by atoms with Crippen molar-refractivity contribution >= 4 is 16.9 Å². The monoisotopic (exact) mass is 567 g/mol. The van der Waals surface area contributed by atoms with Gasteiger partial charge in [0.1, 0.15) is 28.8 Å². The second kappa shape index (κ2) is 11.7. The van der Waals surface area contributed by atoms with Crippen LogP contribution in [-0.2, 0) is 11.3 Å². The third kappa shape index (κ3) is 5.65. The standard InChI is InChI=1S/C33H27F2N3O4/c1-4-41-33(40)29-15-23-14-25(11-12-28(23)37-29)42-24-9-7-21(8-10-24)30-16-26(31(34)35)27(17-36)32(39)38(30)18-22-6-5-19(2)13-20(22)3/h5-16,31,37H,4,18H2,1-3H3. The largest absolute Gasteiger partial charge is 0.461 e. The zero-order chi connectivity index (χ0) is 30.0. The van der Waals surface area contributed by atoms with E-state index in [1.165, 1.54) is 10.6 Å². The number of carbonyl (C=O) groups excluding carboxylic acids is 1. The van der Waals surface area contributed by atoms with Gasteiger partial charge in [0.05, 0.1) is 18.8 Å². The molecule has 42 heavy (non-hydrogen) atoms. The molecule has 3 aromatic carbocycles. The Morgan fingerprint density at radius 3 is 2.40 bits per heavy atom. The van der Waals surface area contributed by atoms with Gasteiger partial charge in [-0.15, -0.1) is 0 Å². The summed E-state index contributed by atoms with van der Waals surface area (Å²) in [6, 6.07) is 22.4. The van der Waals surface area contributed by atoms with Crippen LogP contribution < -0.4 is 10.3 Å². The minimum Gasteiger partial charge on any atom is -0.461 e. The highest BCUT2D eigenvalue weighted by molar-refractivity contribution is 5.95. The first-order chi connectivity index (χ1) is 20.2. The molecule has 0 aliphatic carbocycles. The van der Waals surface area contributed by atoms with Gasteiger partial charge in [0.2, 0.25) is 0 Å². The van der Waals surface area contributed by atoms with Crippen molar-refractivity contribution in [1.82, 2.24) is 9.55 Å². The molecule has 0 aliphatic heterocycles. The van der Waals surface area contributed by atoms with E-state index in [1.54, 1.807) is 61.5 Å². The van der Waals surface area contributed by atoms with Crippen molar-refractivity contribution in [3.63, 3.8) is 0 Å². The number of aromatic nitrogens is 2. The number of alkyl halides is 2. The molecule has 2 aromatic heterocycles. The number of fused-ring (bicyclic) bond motifs is 1. The zero-order valence-corrected chi connectivity index (χ0v) is 23.2. The highest BCUT2D eigenvalue weighted by Gasteiger charge is 2.22. The maximum atomic E-state index is 13.9. The van der Waals surface area contributed by atoms with E-state index < -0.39 is 29.1 Å². The lowest BCUT2D eigenvalue weighted by Gasteiger charge is -2.18. The number of ether oxygens (including phenoxy) is 2. The van der Waals surface area contributed by atoms with Gasteiger partial charge in [0.15, 0.2) is 0 Å². The van der Waals surface area contributed by atoms with E-state index in [9.17, 15) is 23.6 Å². The molecule has 2 heterocycles. The van der Waals surface area contributed by atoms with Crippen LogP contribution in [0.1, 0.15) is 51.7 Å². The van der Waals surface area contributed by atoms with Gasteiger partial charge in [0, 0.05) is 16.5 Å². The van der Waals surface area contributed by atoms with Gasteiger partial charge in [-0.25, -0.2) is 13.6 Å². The summed E-state index contributed by atoms with van der Waals surface area (Å²) in [5.41, 5.74) is 2.76. The number of halogens is 2. The van der Waals surface area contributed by atoms with Crippen molar-refractivity contribution in [2.45, 2.75) is 33.7 Å². The number of hydrogen-bond acceptors (Lipinski definition) is 5. The second-order valence-corrected chi connectivity index (χ2v) is 9.87. The Hall–Kier alpha value is -5.23. The number of hydrogen-bond donors (Lipinski definition) is 1. The van der Waals surface area contributed by atoms with Crippen LogP contribution in [0.15, 0.2) is 77.6 Å². The minimum absolute atomic E-state index is 0.112. The highest BCUT2D eigenvalue weighted by atomic mass is 19.3. The van der Waals surface area contributed by atoms with Gasteiger partial charge in [-0.05, 0) is 92.1 Å². The maximum Gasteiger partial charge on any atom is 0.354 e. The molecule has 0 saturated heterocycles. The van der Waals surface area contributed by atoms with Crippen LogP contribution in [0.25, 0.3) is 22.2 Å². The van der Waals surface area contributed by atoms with E-state index in [0.29, 0.717) is 22.8 Å². The molecular formula is C33H27F2N3O4. The highest BCUT2D eigenvalue weighted by Crippen LogP contribution is 2.31. The Labute approximate surface area is 240 Å². The predicted molar refractivity (Wildman–Crippen MR) is 155 cm³/mol. The number of pyridine rings is 1. The molecule has 1 N–H and O–H groups in total. The van der Waals surface area contributed by atoms with Crippen LogP contribution in [0.2, 0.25) is 0 Å². The molecule has 0 unspecified atom stereocenters. The third-order valence-corrected chi connectivity index (χ3v) is 6.98. The predicted octanol–water partition coefficient (Wildman–Crippen LogP) is 7.44. The number of nitrogens with zero attached hydrogens (tertiary/aromatic N) is 2. The summed E-state index contributed by atoms with van der Waals surface area (Å²) in [6.07, 6.45) is -2.99. The van der Waals surface area contributed by atoms with Crippen molar-refractivity contribution in [2.24, 2.45) is 0 Å². The van der Waals surface area contributed by atoms with Gasteiger partial charge >= 0.3 is 5.97 Å². The van der Waals surface area contributed by atoms with E-state index in [1.807, 2.05) is 32.0 Å². The van der Waals surface area contributed by atoms with Gasteiger partial charge in [-0.2, -0.15) is 5.26 Å². The molecule has 0 amide bonds. The number of esters is 1. The SMILES string of the molecule is CCOC(=O)c1cc2cc(Oc3ccc(-c4cc(C(F)F)c(C#N)c(=O)n4Cc4ccc(C)cc4C)cc3)ccc2[nH]1. The Morgan fingerprint density at radius 1 is 1.00 bits per heavy atom. The fourth-order valence-electron chi connectivity index (χ4n) is 4.86. The average molecular weight is 568 g/mol. The summed E-state index contributed by atoms with van der Waals surface area (Å²) in [7, 11) is 0. The number of carbonyl (C=O) groups is 1. The smallest absolute Gasteiger partial charge is 0.354 e. The molecule has 0 fully saturated rings. The summed E-state index contributed by atoms with van der Waals surface area (Å²) in [5, 5.41) is 10.3. The fourth-order valence-corrected chi connectivity index (χ4v) is 4.86. The van der Waals surface area contributed by atoms with Crippen LogP contribution >= 0.6 is 0 Å². The molecular weight excluding hydrogens is 540 g/mol. The first-order valence-electron chi connectivity index (χ1n) is 13.3. The molecule has 5 aromatic rings. The van der Waals surface area contributed by atoms with Crippen molar-refractivity contribution in [3.8, 4) is 28.8 Å². The van der Waals surface area contributed by atoms with Crippen LogP contribution in [0.3, 0.4) is 0 Å². The number of nitrogens with one attached hydrogen (secondary N) is 1. The van der Waals surface area contributed by atoms with Crippen LogP contribution in [0, 0.1) is 25.2 Å². The molecule has 0 atom stereocenters. The lowest BCUT2D eigenvalue weighted by Crippen LogP contribution is -2.27. The Bertz CT molecular complexity index is 1900. The van der Waals surface area contributed by atoms with Crippen LogP contribution in [0.5, 0.6) is 11.5 Å². The number of aromatic amines is 1. The average Bonchev–Trinajstić information content (AvgIpc) is 3.39. The maximum absolute atomic E-state index is 13.9. The van der Waals surface area contributed by atoms with E-state index in [4.69, 9.17) is 9.47 Å². The first-order valence-corrected chi connectivity index (χ1v) is 13.3. The van der Waals surface area contributed by atoms with Crippen molar-refractivity contribution < 1.29 is 23.0 Å². The molecule has 9 heteroatoms. The number of rotatable bonds is 8. The topological polar surface area (TPSA) is 97.1 Å². The van der Waals surface area contributed by atoms with E-state index >= 15 is 0 Å². The van der Waals surface area contributed by atoms with Crippen LogP contribution in [-0.4, -0.2) is 22.1 Å². The number of H-pyrrole nitrogens is 1. The summed E-state index contributed by atoms with van der Waals surface area (Å²) >= 11 is 0. The Kier molecular flexibility index (Phi) is 7.89.